The number of rotatable bonds is 3. The summed E-state index contributed by atoms with van der Waals surface area (Å²) in [6.45, 7) is 2.07. The van der Waals surface area contributed by atoms with Gasteiger partial charge < -0.3 is 10.5 Å². The minimum atomic E-state index is 0.411. The van der Waals surface area contributed by atoms with Crippen molar-refractivity contribution >= 4 is 5.69 Å². The summed E-state index contributed by atoms with van der Waals surface area (Å²) in [4.78, 5) is 4.02. The maximum Gasteiger partial charge on any atom is 0.143 e. The lowest BCUT2D eigenvalue weighted by molar-refractivity contribution is 0.299. The van der Waals surface area contributed by atoms with Crippen LogP contribution in [0.5, 0.6) is 5.75 Å². The summed E-state index contributed by atoms with van der Waals surface area (Å²) in [5.74, 6) is 0.866. The van der Waals surface area contributed by atoms with E-state index in [1.165, 1.54) is 0 Å². The smallest absolute Gasteiger partial charge is 0.143 e. The number of anilines is 1. The summed E-state index contributed by atoms with van der Waals surface area (Å²) >= 11 is 0. The van der Waals surface area contributed by atoms with Crippen LogP contribution in [0.25, 0.3) is 0 Å². The third-order valence-corrected chi connectivity index (χ3v) is 2.22. The average Bonchev–Trinajstić information content (AvgIpc) is 2.89. The highest BCUT2D eigenvalue weighted by molar-refractivity contribution is 5.51. The third-order valence-electron chi connectivity index (χ3n) is 2.22. The Hall–Kier alpha value is -1.25. The van der Waals surface area contributed by atoms with Gasteiger partial charge in [0, 0.05) is 5.56 Å². The quantitative estimate of drug-likeness (QED) is 0.767. The van der Waals surface area contributed by atoms with Crippen LogP contribution in [0.4, 0.5) is 5.69 Å². The Morgan fingerprint density at radius 3 is 2.92 bits per heavy atom. The zero-order valence-electron chi connectivity index (χ0n) is 7.79. The summed E-state index contributed by atoms with van der Waals surface area (Å²) in [5.41, 5.74) is 7.61. The van der Waals surface area contributed by atoms with Crippen molar-refractivity contribution in [3.63, 3.8) is 0 Å². The van der Waals surface area contributed by atoms with Crippen LogP contribution in [0.3, 0.4) is 0 Å². The molecule has 0 aromatic carbocycles. The standard InChI is InChI=1S/C10H14N2O/c1-2-8-9(11)5-12-6-10(8)13-7-3-4-7/h5-7H,2-4,11H2,1H3. The van der Waals surface area contributed by atoms with Crippen LogP contribution in [0.2, 0.25) is 0 Å². The molecular weight excluding hydrogens is 164 g/mol. The molecule has 70 valence electrons. The van der Waals surface area contributed by atoms with Gasteiger partial charge in [0.05, 0.1) is 24.2 Å². The third kappa shape index (κ3) is 1.74. The van der Waals surface area contributed by atoms with Gasteiger partial charge >= 0.3 is 0 Å². The lowest BCUT2D eigenvalue weighted by Gasteiger charge is -2.10. The Labute approximate surface area is 77.9 Å². The molecule has 3 nitrogen and oxygen atoms in total. The first-order chi connectivity index (χ1) is 6.31. The molecule has 1 aliphatic carbocycles. The van der Waals surface area contributed by atoms with E-state index in [1.807, 2.05) is 0 Å². The first kappa shape index (κ1) is 8.35. The van der Waals surface area contributed by atoms with Crippen molar-refractivity contribution in [2.45, 2.75) is 32.3 Å². The number of nitrogen functional groups attached to an aromatic ring is 1. The van der Waals surface area contributed by atoms with Crippen LogP contribution in [-0.4, -0.2) is 11.1 Å². The number of nitrogens with zero attached hydrogens (tertiary/aromatic N) is 1. The van der Waals surface area contributed by atoms with Crippen LogP contribution in [0.15, 0.2) is 12.4 Å². The summed E-state index contributed by atoms with van der Waals surface area (Å²) in [6.07, 6.45) is 7.08. The number of hydrogen-bond donors (Lipinski definition) is 1. The predicted octanol–water partition coefficient (Wildman–Crippen LogP) is 1.77. The van der Waals surface area contributed by atoms with Crippen LogP contribution >= 0.6 is 0 Å². The molecule has 1 saturated carbocycles. The molecule has 1 aliphatic rings. The molecule has 13 heavy (non-hydrogen) atoms. The lowest BCUT2D eigenvalue weighted by Crippen LogP contribution is -2.02. The van der Waals surface area contributed by atoms with Crippen molar-refractivity contribution in [1.29, 1.82) is 0 Å². The number of ether oxygens (including phenoxy) is 1. The zero-order chi connectivity index (χ0) is 9.26. The van der Waals surface area contributed by atoms with E-state index >= 15 is 0 Å². The predicted molar refractivity (Wildman–Crippen MR) is 51.7 cm³/mol. The van der Waals surface area contributed by atoms with Crippen molar-refractivity contribution in [1.82, 2.24) is 4.98 Å². The topological polar surface area (TPSA) is 48.1 Å². The lowest BCUT2D eigenvalue weighted by atomic mass is 10.1. The van der Waals surface area contributed by atoms with Gasteiger partial charge in [0.15, 0.2) is 0 Å². The van der Waals surface area contributed by atoms with Crippen molar-refractivity contribution in [2.75, 3.05) is 5.73 Å². The molecular formula is C10H14N2O. The zero-order valence-corrected chi connectivity index (χ0v) is 7.79. The second-order valence-electron chi connectivity index (χ2n) is 3.38. The fourth-order valence-corrected chi connectivity index (χ4v) is 1.33. The Morgan fingerprint density at radius 1 is 1.54 bits per heavy atom. The molecule has 0 unspecified atom stereocenters. The molecule has 1 aromatic heterocycles. The van der Waals surface area contributed by atoms with Gasteiger partial charge in [0.2, 0.25) is 0 Å². The van der Waals surface area contributed by atoms with Gasteiger partial charge in [-0.3, -0.25) is 4.98 Å². The molecule has 0 atom stereocenters. The Kier molecular flexibility index (Phi) is 2.08. The molecule has 2 rings (SSSR count). The number of nitrogens with two attached hydrogens (primary N) is 1. The van der Waals surface area contributed by atoms with E-state index in [0.29, 0.717) is 6.10 Å². The van der Waals surface area contributed by atoms with Crippen LogP contribution in [-0.2, 0) is 6.42 Å². The monoisotopic (exact) mass is 178 g/mol. The summed E-state index contributed by atoms with van der Waals surface area (Å²) in [7, 11) is 0. The maximum atomic E-state index is 5.79. The van der Waals surface area contributed by atoms with E-state index < -0.39 is 0 Å². The largest absolute Gasteiger partial charge is 0.488 e. The number of pyridine rings is 1. The minimum absolute atomic E-state index is 0.411. The van der Waals surface area contributed by atoms with Gasteiger partial charge in [-0.05, 0) is 19.3 Å². The van der Waals surface area contributed by atoms with E-state index in [-0.39, 0.29) is 0 Å². The molecule has 0 amide bonds. The van der Waals surface area contributed by atoms with Crippen LogP contribution in [0.1, 0.15) is 25.3 Å². The number of aromatic nitrogens is 1. The molecule has 3 heteroatoms. The van der Waals surface area contributed by atoms with Gasteiger partial charge in [0.25, 0.3) is 0 Å². The summed E-state index contributed by atoms with van der Waals surface area (Å²) in [5, 5.41) is 0. The van der Waals surface area contributed by atoms with E-state index in [1.54, 1.807) is 12.4 Å². The molecule has 0 saturated heterocycles. The van der Waals surface area contributed by atoms with Crippen LogP contribution < -0.4 is 10.5 Å². The first-order valence-electron chi connectivity index (χ1n) is 4.70. The molecule has 0 bridgehead atoms. The molecule has 0 aliphatic heterocycles. The highest BCUT2D eigenvalue weighted by atomic mass is 16.5. The highest BCUT2D eigenvalue weighted by Gasteiger charge is 2.24. The molecule has 2 N–H and O–H groups in total. The SMILES string of the molecule is CCc1c(N)cncc1OC1CC1. The highest BCUT2D eigenvalue weighted by Crippen LogP contribution is 2.30. The summed E-state index contributed by atoms with van der Waals surface area (Å²) < 4.78 is 5.69. The van der Waals surface area contributed by atoms with Crippen molar-refractivity contribution in [3.05, 3.63) is 18.0 Å². The van der Waals surface area contributed by atoms with Gasteiger partial charge in [-0.1, -0.05) is 6.92 Å². The average molecular weight is 178 g/mol. The molecule has 1 heterocycles. The Morgan fingerprint density at radius 2 is 2.31 bits per heavy atom. The first-order valence-corrected chi connectivity index (χ1v) is 4.70. The second-order valence-corrected chi connectivity index (χ2v) is 3.38. The maximum absolute atomic E-state index is 5.79. The molecule has 0 radical (unpaired) electrons. The number of hydrogen-bond acceptors (Lipinski definition) is 3. The molecule has 0 spiro atoms. The van der Waals surface area contributed by atoms with Gasteiger partial charge in [0.1, 0.15) is 5.75 Å². The minimum Gasteiger partial charge on any atom is -0.488 e. The van der Waals surface area contributed by atoms with E-state index in [2.05, 4.69) is 11.9 Å². The van der Waals surface area contributed by atoms with Crippen molar-refractivity contribution < 1.29 is 4.74 Å². The van der Waals surface area contributed by atoms with Crippen molar-refractivity contribution in [2.24, 2.45) is 0 Å². The second kappa shape index (κ2) is 3.24. The Bertz CT molecular complexity index is 308. The summed E-state index contributed by atoms with van der Waals surface area (Å²) in [6, 6.07) is 0. The van der Waals surface area contributed by atoms with Gasteiger partial charge in [-0.15, -0.1) is 0 Å². The van der Waals surface area contributed by atoms with Gasteiger partial charge in [-0.25, -0.2) is 0 Å². The van der Waals surface area contributed by atoms with Crippen LogP contribution in [0, 0.1) is 0 Å². The van der Waals surface area contributed by atoms with E-state index in [9.17, 15) is 0 Å². The van der Waals surface area contributed by atoms with E-state index in [0.717, 1.165) is 36.3 Å². The molecule has 1 aromatic rings. The normalized spacial score (nSPS) is 15.8. The molecule has 1 fully saturated rings. The van der Waals surface area contributed by atoms with Gasteiger partial charge in [-0.2, -0.15) is 0 Å². The van der Waals surface area contributed by atoms with E-state index in [4.69, 9.17) is 10.5 Å². The fourth-order valence-electron chi connectivity index (χ4n) is 1.33. The fraction of sp³-hybridized carbons (Fsp3) is 0.500. The Balaban J connectivity index is 2.25. The van der Waals surface area contributed by atoms with Crippen molar-refractivity contribution in [3.8, 4) is 5.75 Å².